The van der Waals surface area contributed by atoms with E-state index in [1.54, 1.807) is 4.90 Å². The fraction of sp³-hybridized carbons (Fsp3) is 0.333. The molecule has 150 valence electrons. The number of hydrogen-bond donors (Lipinski definition) is 0. The number of halogens is 2. The van der Waals surface area contributed by atoms with Crippen LogP contribution < -0.4 is 0 Å². The minimum absolute atomic E-state index is 0. The molecule has 5 nitrogen and oxygen atoms in total. The second-order valence-electron chi connectivity index (χ2n) is 6.70. The van der Waals surface area contributed by atoms with Crippen LogP contribution in [0.15, 0.2) is 48.5 Å². The molecule has 0 aromatic heterocycles. The molecule has 0 atom stereocenters. The number of hydrogen-bond acceptors (Lipinski definition) is 4. The van der Waals surface area contributed by atoms with Crippen LogP contribution in [0.2, 0.25) is 5.02 Å². The highest BCUT2D eigenvalue weighted by molar-refractivity contribution is 6.33. The average molecular weight is 423 g/mol. The Morgan fingerprint density at radius 1 is 1.00 bits per heavy atom. The number of amides is 1. The quantitative estimate of drug-likeness (QED) is 0.693. The summed E-state index contributed by atoms with van der Waals surface area (Å²) in [7, 11) is 2.03. The Kier molecular flexibility index (Phi) is 8.30. The molecule has 2 aromatic rings. The molecule has 28 heavy (non-hydrogen) atoms. The van der Waals surface area contributed by atoms with Gasteiger partial charge in [-0.15, -0.1) is 12.4 Å². The van der Waals surface area contributed by atoms with E-state index in [4.69, 9.17) is 16.3 Å². The van der Waals surface area contributed by atoms with Crippen LogP contribution in [-0.2, 0) is 20.7 Å². The molecule has 1 amide bonds. The number of benzene rings is 2. The first kappa shape index (κ1) is 22.2. The monoisotopic (exact) mass is 422 g/mol. The Bertz CT molecular complexity index is 804. The molecule has 0 N–H and O–H groups in total. The minimum Gasteiger partial charge on any atom is -0.455 e. The van der Waals surface area contributed by atoms with Crippen molar-refractivity contribution in [2.75, 3.05) is 39.8 Å². The largest absolute Gasteiger partial charge is 0.455 e. The Labute approximate surface area is 176 Å². The third-order valence-electron chi connectivity index (χ3n) is 4.70. The second-order valence-corrected chi connectivity index (χ2v) is 7.11. The minimum atomic E-state index is -0.400. The van der Waals surface area contributed by atoms with Crippen LogP contribution in [0.1, 0.15) is 5.56 Å². The van der Waals surface area contributed by atoms with E-state index in [1.165, 1.54) is 0 Å². The summed E-state index contributed by atoms with van der Waals surface area (Å²) in [4.78, 5) is 28.1. The van der Waals surface area contributed by atoms with Gasteiger partial charge in [0.25, 0.3) is 5.91 Å². The van der Waals surface area contributed by atoms with E-state index in [0.29, 0.717) is 18.1 Å². The number of ether oxygens (including phenoxy) is 1. The van der Waals surface area contributed by atoms with Crippen molar-refractivity contribution in [2.24, 2.45) is 0 Å². The van der Waals surface area contributed by atoms with Crippen molar-refractivity contribution in [1.29, 1.82) is 0 Å². The van der Waals surface area contributed by atoms with E-state index < -0.39 is 5.97 Å². The zero-order chi connectivity index (χ0) is 19.2. The van der Waals surface area contributed by atoms with Gasteiger partial charge in [-0.1, -0.05) is 54.1 Å². The first-order chi connectivity index (χ1) is 13.0. The van der Waals surface area contributed by atoms with Crippen molar-refractivity contribution in [3.8, 4) is 11.1 Å². The second kappa shape index (κ2) is 10.5. The molecule has 1 heterocycles. The van der Waals surface area contributed by atoms with Gasteiger partial charge in [0.15, 0.2) is 6.61 Å². The van der Waals surface area contributed by atoms with Gasteiger partial charge in [-0.05, 0) is 24.2 Å². The van der Waals surface area contributed by atoms with Crippen LogP contribution in [0.5, 0.6) is 0 Å². The van der Waals surface area contributed by atoms with Crippen molar-refractivity contribution in [3.63, 3.8) is 0 Å². The molecular weight excluding hydrogens is 399 g/mol. The van der Waals surface area contributed by atoms with Crippen molar-refractivity contribution >= 4 is 35.9 Å². The first-order valence-corrected chi connectivity index (χ1v) is 9.36. The Morgan fingerprint density at radius 3 is 2.29 bits per heavy atom. The van der Waals surface area contributed by atoms with Crippen molar-refractivity contribution in [2.45, 2.75) is 6.42 Å². The van der Waals surface area contributed by atoms with Gasteiger partial charge in [-0.3, -0.25) is 9.59 Å². The van der Waals surface area contributed by atoms with Crippen LogP contribution in [0.4, 0.5) is 0 Å². The van der Waals surface area contributed by atoms with Crippen LogP contribution in [0, 0.1) is 0 Å². The predicted octanol–water partition coefficient (Wildman–Crippen LogP) is 3.29. The molecule has 1 saturated heterocycles. The summed E-state index contributed by atoms with van der Waals surface area (Å²) < 4.78 is 5.16. The molecule has 1 aliphatic heterocycles. The average Bonchev–Trinajstić information content (AvgIpc) is 2.68. The number of piperazine rings is 1. The van der Waals surface area contributed by atoms with E-state index in [0.717, 1.165) is 29.8 Å². The molecule has 7 heteroatoms. The van der Waals surface area contributed by atoms with E-state index in [2.05, 4.69) is 4.90 Å². The number of carbonyl (C=O) groups excluding carboxylic acids is 2. The van der Waals surface area contributed by atoms with Crippen LogP contribution in [-0.4, -0.2) is 61.5 Å². The van der Waals surface area contributed by atoms with Gasteiger partial charge in [0, 0.05) is 36.8 Å². The third kappa shape index (κ3) is 5.96. The van der Waals surface area contributed by atoms with E-state index in [9.17, 15) is 9.59 Å². The van der Waals surface area contributed by atoms with Crippen molar-refractivity contribution < 1.29 is 14.3 Å². The normalized spacial score (nSPS) is 14.3. The lowest BCUT2D eigenvalue weighted by molar-refractivity contribution is -0.152. The van der Waals surface area contributed by atoms with Gasteiger partial charge in [0.2, 0.25) is 0 Å². The summed E-state index contributed by atoms with van der Waals surface area (Å²) in [6.45, 7) is 2.85. The van der Waals surface area contributed by atoms with Gasteiger partial charge in [-0.2, -0.15) is 0 Å². The molecule has 0 aliphatic carbocycles. The molecule has 2 aromatic carbocycles. The maximum absolute atomic E-state index is 12.1. The van der Waals surface area contributed by atoms with Crippen LogP contribution in [0.3, 0.4) is 0 Å². The summed E-state index contributed by atoms with van der Waals surface area (Å²) in [5.41, 5.74) is 2.77. The standard InChI is InChI=1S/C21H23ClN2O3.ClH/c1-23-10-12-24(13-11-23)20(25)15-27-21(26)14-16-6-8-17(9-7-16)18-4-2-3-5-19(18)22;/h2-9H,10-15H2,1H3;1H. The number of likely N-dealkylation sites (N-methyl/N-ethyl adjacent to an activating group) is 1. The highest BCUT2D eigenvalue weighted by atomic mass is 35.5. The Balaban J connectivity index is 0.00000280. The number of nitrogens with zero attached hydrogens (tertiary/aromatic N) is 2. The summed E-state index contributed by atoms with van der Waals surface area (Å²) in [5.74, 6) is -0.534. The summed E-state index contributed by atoms with van der Waals surface area (Å²) in [6, 6.07) is 15.2. The van der Waals surface area contributed by atoms with E-state index in [1.807, 2.05) is 55.6 Å². The predicted molar refractivity (Wildman–Crippen MR) is 113 cm³/mol. The zero-order valence-corrected chi connectivity index (χ0v) is 17.3. The third-order valence-corrected chi connectivity index (χ3v) is 5.03. The lowest BCUT2D eigenvalue weighted by atomic mass is 10.0. The number of carbonyl (C=O) groups is 2. The topological polar surface area (TPSA) is 49.9 Å². The Hall–Kier alpha value is -2.08. The summed E-state index contributed by atoms with van der Waals surface area (Å²) in [6.07, 6.45) is 0.138. The highest BCUT2D eigenvalue weighted by Crippen LogP contribution is 2.27. The SMILES string of the molecule is CN1CCN(C(=O)COC(=O)Cc2ccc(-c3ccccc3Cl)cc2)CC1.Cl. The van der Waals surface area contributed by atoms with Gasteiger partial charge in [0.1, 0.15) is 0 Å². The highest BCUT2D eigenvalue weighted by Gasteiger charge is 2.20. The van der Waals surface area contributed by atoms with Crippen LogP contribution >= 0.6 is 24.0 Å². The summed E-state index contributed by atoms with van der Waals surface area (Å²) in [5, 5.41) is 0.687. The lowest BCUT2D eigenvalue weighted by Crippen LogP contribution is -2.48. The molecule has 0 radical (unpaired) electrons. The zero-order valence-electron chi connectivity index (χ0n) is 15.8. The molecule has 1 fully saturated rings. The molecular formula is C21H24Cl2N2O3. The smallest absolute Gasteiger partial charge is 0.310 e. The maximum atomic E-state index is 12.1. The van der Waals surface area contributed by atoms with Crippen molar-refractivity contribution in [3.05, 3.63) is 59.1 Å². The number of rotatable bonds is 5. The fourth-order valence-electron chi connectivity index (χ4n) is 3.00. The molecule has 0 spiro atoms. The van der Waals surface area contributed by atoms with E-state index in [-0.39, 0.29) is 31.3 Å². The van der Waals surface area contributed by atoms with Gasteiger partial charge in [0.05, 0.1) is 6.42 Å². The lowest BCUT2D eigenvalue weighted by Gasteiger charge is -2.32. The maximum Gasteiger partial charge on any atom is 0.310 e. The first-order valence-electron chi connectivity index (χ1n) is 8.99. The Morgan fingerprint density at radius 2 is 1.64 bits per heavy atom. The number of esters is 1. The van der Waals surface area contributed by atoms with Crippen molar-refractivity contribution in [1.82, 2.24) is 9.80 Å². The van der Waals surface area contributed by atoms with Crippen LogP contribution in [0.25, 0.3) is 11.1 Å². The molecule has 0 saturated carbocycles. The molecule has 0 bridgehead atoms. The van der Waals surface area contributed by atoms with Gasteiger partial charge in [-0.25, -0.2) is 0 Å². The fourth-order valence-corrected chi connectivity index (χ4v) is 3.25. The van der Waals surface area contributed by atoms with E-state index >= 15 is 0 Å². The van der Waals surface area contributed by atoms with Gasteiger partial charge < -0.3 is 14.5 Å². The summed E-state index contributed by atoms with van der Waals surface area (Å²) >= 11 is 6.21. The molecule has 1 aliphatic rings. The van der Waals surface area contributed by atoms with Gasteiger partial charge >= 0.3 is 5.97 Å². The molecule has 0 unspecified atom stereocenters. The molecule has 3 rings (SSSR count).